The van der Waals surface area contributed by atoms with Crippen LogP contribution in [0.4, 0.5) is 0 Å². The number of benzene rings is 1. The van der Waals surface area contributed by atoms with Gasteiger partial charge in [0, 0.05) is 30.6 Å². The van der Waals surface area contributed by atoms with E-state index in [9.17, 15) is 4.79 Å². The van der Waals surface area contributed by atoms with E-state index in [0.717, 1.165) is 29.6 Å². The molecule has 1 aromatic carbocycles. The fourth-order valence-electron chi connectivity index (χ4n) is 3.18. The maximum absolute atomic E-state index is 12.3. The molecule has 1 aliphatic heterocycles. The van der Waals surface area contributed by atoms with Crippen molar-refractivity contribution in [2.75, 3.05) is 13.1 Å². The molecule has 2 fully saturated rings. The monoisotopic (exact) mass is 292 g/mol. The van der Waals surface area contributed by atoms with Crippen LogP contribution in [0.15, 0.2) is 24.3 Å². The smallest absolute Gasteiger partial charge is 0.222 e. The van der Waals surface area contributed by atoms with Crippen molar-refractivity contribution in [3.05, 3.63) is 34.9 Å². The van der Waals surface area contributed by atoms with Gasteiger partial charge in [-0.25, -0.2) is 0 Å². The van der Waals surface area contributed by atoms with Gasteiger partial charge in [0.25, 0.3) is 0 Å². The van der Waals surface area contributed by atoms with Gasteiger partial charge in [-0.1, -0.05) is 29.8 Å². The molecule has 4 heteroatoms. The van der Waals surface area contributed by atoms with E-state index < -0.39 is 0 Å². The van der Waals surface area contributed by atoms with Crippen LogP contribution >= 0.6 is 11.6 Å². The molecule has 1 aromatic rings. The van der Waals surface area contributed by atoms with Gasteiger partial charge in [-0.05, 0) is 42.7 Å². The minimum atomic E-state index is 0.173. The van der Waals surface area contributed by atoms with E-state index in [1.165, 1.54) is 12.8 Å². The van der Waals surface area contributed by atoms with Crippen molar-refractivity contribution in [1.29, 1.82) is 0 Å². The molecule has 0 unspecified atom stereocenters. The first-order valence-electron chi connectivity index (χ1n) is 7.42. The van der Waals surface area contributed by atoms with Crippen LogP contribution in [0.3, 0.4) is 0 Å². The van der Waals surface area contributed by atoms with E-state index in [-0.39, 0.29) is 11.9 Å². The van der Waals surface area contributed by atoms with Gasteiger partial charge in [-0.2, -0.15) is 0 Å². The Balaban J connectivity index is 1.53. The van der Waals surface area contributed by atoms with Gasteiger partial charge in [0.15, 0.2) is 0 Å². The third-order valence-corrected chi connectivity index (χ3v) is 4.93. The van der Waals surface area contributed by atoms with E-state index >= 15 is 0 Å². The number of nitrogens with two attached hydrogens (primary N) is 1. The Morgan fingerprint density at radius 1 is 1.30 bits per heavy atom. The number of halogens is 1. The van der Waals surface area contributed by atoms with Crippen molar-refractivity contribution in [3.63, 3.8) is 0 Å². The van der Waals surface area contributed by atoms with Crippen LogP contribution in [-0.4, -0.2) is 29.9 Å². The third-order valence-electron chi connectivity index (χ3n) is 4.56. The Hall–Kier alpha value is -1.06. The topological polar surface area (TPSA) is 46.3 Å². The number of carbonyl (C=O) groups is 1. The Morgan fingerprint density at radius 2 is 2.05 bits per heavy atom. The molecule has 1 aliphatic carbocycles. The van der Waals surface area contributed by atoms with Crippen molar-refractivity contribution in [3.8, 4) is 0 Å². The van der Waals surface area contributed by atoms with Crippen molar-refractivity contribution in [2.24, 2.45) is 17.6 Å². The minimum absolute atomic E-state index is 0.173. The van der Waals surface area contributed by atoms with Crippen LogP contribution in [0.2, 0.25) is 5.02 Å². The number of carbonyl (C=O) groups excluding carboxylic acids is 1. The second-order valence-corrected chi connectivity index (χ2v) is 6.46. The largest absolute Gasteiger partial charge is 0.341 e. The Morgan fingerprint density at radius 3 is 2.75 bits per heavy atom. The quantitative estimate of drug-likeness (QED) is 0.927. The molecule has 0 radical (unpaired) electrons. The average molecular weight is 293 g/mol. The van der Waals surface area contributed by atoms with Gasteiger partial charge in [0.05, 0.1) is 0 Å². The van der Waals surface area contributed by atoms with E-state index in [4.69, 9.17) is 17.3 Å². The lowest BCUT2D eigenvalue weighted by Crippen LogP contribution is -2.32. The SMILES string of the molecule is N[C@H]1CN(C(=O)CCc2ccccc2Cl)C[C@@H]1C1CC1. The first kappa shape index (κ1) is 13.9. The van der Waals surface area contributed by atoms with Gasteiger partial charge in [0.1, 0.15) is 0 Å². The predicted octanol–water partition coefficient (Wildman–Crippen LogP) is 2.47. The van der Waals surface area contributed by atoms with Crippen LogP contribution in [0.25, 0.3) is 0 Å². The first-order chi connectivity index (χ1) is 9.65. The summed E-state index contributed by atoms with van der Waals surface area (Å²) in [5.41, 5.74) is 7.21. The van der Waals surface area contributed by atoms with Crippen molar-refractivity contribution in [2.45, 2.75) is 31.7 Å². The summed E-state index contributed by atoms with van der Waals surface area (Å²) in [4.78, 5) is 14.2. The molecule has 0 bridgehead atoms. The summed E-state index contributed by atoms with van der Waals surface area (Å²) < 4.78 is 0. The van der Waals surface area contributed by atoms with E-state index in [1.54, 1.807) is 0 Å². The molecule has 1 saturated heterocycles. The molecule has 1 heterocycles. The molecule has 1 saturated carbocycles. The van der Waals surface area contributed by atoms with E-state index in [1.807, 2.05) is 29.2 Å². The standard InChI is InChI=1S/C16H21ClN2O/c17-14-4-2-1-3-12(14)7-8-16(20)19-9-13(11-5-6-11)15(18)10-19/h1-4,11,13,15H,5-10,18H2/t13-,15+/m1/s1. The molecule has 0 aromatic heterocycles. The number of nitrogens with zero attached hydrogens (tertiary/aromatic N) is 1. The number of amides is 1. The van der Waals surface area contributed by atoms with Crippen molar-refractivity contribution < 1.29 is 4.79 Å². The molecular formula is C16H21ClN2O. The molecule has 2 N–H and O–H groups in total. The maximum atomic E-state index is 12.3. The highest BCUT2D eigenvalue weighted by Gasteiger charge is 2.41. The van der Waals surface area contributed by atoms with Crippen LogP contribution in [-0.2, 0) is 11.2 Å². The van der Waals surface area contributed by atoms with Gasteiger partial charge >= 0.3 is 0 Å². The lowest BCUT2D eigenvalue weighted by atomic mass is 9.99. The van der Waals surface area contributed by atoms with Crippen LogP contribution in [0.5, 0.6) is 0 Å². The highest BCUT2D eigenvalue weighted by molar-refractivity contribution is 6.31. The third kappa shape index (κ3) is 2.99. The molecule has 2 atom stereocenters. The molecular weight excluding hydrogens is 272 g/mol. The van der Waals surface area contributed by atoms with E-state index in [2.05, 4.69) is 0 Å². The normalized spacial score (nSPS) is 26.0. The summed E-state index contributed by atoms with van der Waals surface area (Å²) in [6.45, 7) is 1.58. The summed E-state index contributed by atoms with van der Waals surface area (Å²) >= 11 is 6.12. The van der Waals surface area contributed by atoms with Gasteiger partial charge < -0.3 is 10.6 Å². The fraction of sp³-hybridized carbons (Fsp3) is 0.562. The number of likely N-dealkylation sites (tertiary alicyclic amines) is 1. The number of hydrogen-bond acceptors (Lipinski definition) is 2. The van der Waals surface area contributed by atoms with Gasteiger partial charge in [-0.15, -0.1) is 0 Å². The summed E-state index contributed by atoms with van der Waals surface area (Å²) in [6, 6.07) is 7.90. The molecule has 3 rings (SSSR count). The highest BCUT2D eigenvalue weighted by atomic mass is 35.5. The van der Waals surface area contributed by atoms with Crippen molar-refractivity contribution >= 4 is 17.5 Å². The zero-order valence-electron chi connectivity index (χ0n) is 11.6. The van der Waals surface area contributed by atoms with Gasteiger partial charge in [-0.3, -0.25) is 4.79 Å². The van der Waals surface area contributed by atoms with Gasteiger partial charge in [0.2, 0.25) is 5.91 Å². The van der Waals surface area contributed by atoms with Crippen molar-refractivity contribution in [1.82, 2.24) is 4.90 Å². The minimum Gasteiger partial charge on any atom is -0.341 e. The first-order valence-corrected chi connectivity index (χ1v) is 7.79. The molecule has 108 valence electrons. The average Bonchev–Trinajstić information content (AvgIpc) is 3.20. The van der Waals surface area contributed by atoms with Crippen LogP contribution in [0.1, 0.15) is 24.8 Å². The summed E-state index contributed by atoms with van der Waals surface area (Å²) in [7, 11) is 0. The Labute approximate surface area is 125 Å². The lowest BCUT2D eigenvalue weighted by molar-refractivity contribution is -0.130. The Bertz CT molecular complexity index is 501. The second kappa shape index (κ2) is 5.74. The lowest BCUT2D eigenvalue weighted by Gasteiger charge is -2.16. The summed E-state index contributed by atoms with van der Waals surface area (Å²) in [5, 5.41) is 0.745. The summed E-state index contributed by atoms with van der Waals surface area (Å²) in [6.07, 6.45) is 3.81. The predicted molar refractivity (Wildman–Crippen MR) is 80.5 cm³/mol. The van der Waals surface area contributed by atoms with Crippen LogP contribution in [0, 0.1) is 11.8 Å². The van der Waals surface area contributed by atoms with E-state index in [0.29, 0.717) is 18.8 Å². The number of hydrogen-bond donors (Lipinski definition) is 1. The fourth-order valence-corrected chi connectivity index (χ4v) is 3.41. The number of rotatable bonds is 4. The van der Waals surface area contributed by atoms with Crippen LogP contribution < -0.4 is 5.73 Å². The molecule has 20 heavy (non-hydrogen) atoms. The second-order valence-electron chi connectivity index (χ2n) is 6.06. The maximum Gasteiger partial charge on any atom is 0.222 e. The summed E-state index contributed by atoms with van der Waals surface area (Å²) in [5.74, 6) is 1.51. The highest BCUT2D eigenvalue weighted by Crippen LogP contribution is 2.40. The molecule has 3 nitrogen and oxygen atoms in total. The Kier molecular flexibility index (Phi) is 3.99. The zero-order valence-corrected chi connectivity index (χ0v) is 12.4. The zero-order chi connectivity index (χ0) is 14.1. The number of aryl methyl sites for hydroxylation is 1. The molecule has 2 aliphatic rings. The molecule has 0 spiro atoms. The molecule has 1 amide bonds.